The van der Waals surface area contributed by atoms with Gasteiger partial charge in [-0.15, -0.1) is 0 Å². The van der Waals surface area contributed by atoms with E-state index in [1.54, 1.807) is 19.2 Å². The monoisotopic (exact) mass is 298 g/mol. The van der Waals surface area contributed by atoms with Gasteiger partial charge in [-0.25, -0.2) is 9.18 Å². The molecule has 0 bridgehead atoms. The minimum absolute atomic E-state index is 0.0707. The summed E-state index contributed by atoms with van der Waals surface area (Å²) in [6.07, 6.45) is 0. The van der Waals surface area contributed by atoms with Gasteiger partial charge in [0.05, 0.1) is 10.2 Å². The molecule has 0 aliphatic heterocycles. The topological polar surface area (TPSA) is 55.1 Å². The van der Waals surface area contributed by atoms with Gasteiger partial charge < -0.3 is 5.11 Å². The van der Waals surface area contributed by atoms with E-state index in [0.29, 0.717) is 15.7 Å². The number of halogens is 2. The molecule has 1 aromatic heterocycles. The first kappa shape index (κ1) is 11.8. The zero-order valence-corrected chi connectivity index (χ0v) is 10.4. The molecule has 6 heteroatoms. The Labute approximate surface area is 105 Å². The van der Waals surface area contributed by atoms with Gasteiger partial charge in [-0.05, 0) is 28.1 Å². The van der Waals surface area contributed by atoms with Gasteiger partial charge in [-0.2, -0.15) is 5.10 Å². The molecule has 1 heterocycles. The summed E-state index contributed by atoms with van der Waals surface area (Å²) in [6, 6.07) is 5.97. The first-order chi connectivity index (χ1) is 8.00. The largest absolute Gasteiger partial charge is 0.476 e. The van der Waals surface area contributed by atoms with Crippen molar-refractivity contribution in [3.8, 4) is 11.3 Å². The molecule has 0 fully saturated rings. The maximum atomic E-state index is 13.4. The van der Waals surface area contributed by atoms with Crippen LogP contribution in [0.2, 0.25) is 0 Å². The van der Waals surface area contributed by atoms with Gasteiger partial charge in [0.15, 0.2) is 5.69 Å². The first-order valence-electron chi connectivity index (χ1n) is 4.72. The summed E-state index contributed by atoms with van der Waals surface area (Å²) in [6.45, 7) is 0. The molecule has 88 valence electrons. The fourth-order valence-corrected chi connectivity index (χ4v) is 1.99. The normalized spacial score (nSPS) is 10.5. The third-order valence-corrected chi connectivity index (χ3v) is 3.13. The van der Waals surface area contributed by atoms with E-state index in [0.717, 1.165) is 0 Å². The Morgan fingerprint density at radius 2 is 2.24 bits per heavy atom. The fraction of sp³-hybridized carbons (Fsp3) is 0.0909. The van der Waals surface area contributed by atoms with E-state index < -0.39 is 11.8 Å². The maximum Gasteiger partial charge on any atom is 0.356 e. The summed E-state index contributed by atoms with van der Waals surface area (Å²) in [4.78, 5) is 10.8. The molecule has 4 nitrogen and oxygen atoms in total. The van der Waals surface area contributed by atoms with Crippen LogP contribution < -0.4 is 0 Å². The van der Waals surface area contributed by atoms with Crippen molar-refractivity contribution in [2.24, 2.45) is 7.05 Å². The van der Waals surface area contributed by atoms with Gasteiger partial charge in [0.2, 0.25) is 0 Å². The van der Waals surface area contributed by atoms with Crippen molar-refractivity contribution >= 4 is 21.9 Å². The number of hydrogen-bond acceptors (Lipinski definition) is 2. The number of benzene rings is 1. The second kappa shape index (κ2) is 4.29. The Balaban J connectivity index is 2.60. The van der Waals surface area contributed by atoms with E-state index in [2.05, 4.69) is 21.0 Å². The molecule has 0 atom stereocenters. The van der Waals surface area contributed by atoms with Crippen molar-refractivity contribution in [3.05, 3.63) is 40.2 Å². The van der Waals surface area contributed by atoms with Crippen LogP contribution in [0.25, 0.3) is 11.3 Å². The van der Waals surface area contributed by atoms with Crippen molar-refractivity contribution in [2.75, 3.05) is 0 Å². The molecule has 0 aliphatic carbocycles. The highest BCUT2D eigenvalue weighted by molar-refractivity contribution is 9.10. The molecular formula is C11H8BrFN2O2. The number of hydrogen-bond donors (Lipinski definition) is 1. The smallest absolute Gasteiger partial charge is 0.356 e. The average Bonchev–Trinajstić information content (AvgIpc) is 2.65. The minimum Gasteiger partial charge on any atom is -0.476 e. The van der Waals surface area contributed by atoms with Crippen LogP contribution in [0.15, 0.2) is 28.7 Å². The SMILES string of the molecule is Cn1nc(C(=O)O)cc1-c1cccc(F)c1Br. The second-order valence-corrected chi connectivity index (χ2v) is 4.24. The Kier molecular flexibility index (Phi) is 2.97. The van der Waals surface area contributed by atoms with Crippen LogP contribution in [-0.2, 0) is 7.05 Å². The predicted molar refractivity (Wildman–Crippen MR) is 63.3 cm³/mol. The molecule has 17 heavy (non-hydrogen) atoms. The van der Waals surface area contributed by atoms with Gasteiger partial charge in [-0.1, -0.05) is 12.1 Å². The van der Waals surface area contributed by atoms with Gasteiger partial charge in [0.1, 0.15) is 5.82 Å². The Bertz CT molecular complexity index is 595. The molecule has 0 unspecified atom stereocenters. The molecular weight excluding hydrogens is 291 g/mol. The molecule has 1 aromatic carbocycles. The van der Waals surface area contributed by atoms with Crippen molar-refractivity contribution in [1.29, 1.82) is 0 Å². The Hall–Kier alpha value is -1.69. The van der Waals surface area contributed by atoms with Crippen LogP contribution in [0.1, 0.15) is 10.5 Å². The van der Waals surface area contributed by atoms with E-state index in [1.807, 2.05) is 0 Å². The van der Waals surface area contributed by atoms with Crippen LogP contribution in [0.5, 0.6) is 0 Å². The fourth-order valence-electron chi connectivity index (χ4n) is 1.53. The van der Waals surface area contributed by atoms with E-state index in [9.17, 15) is 9.18 Å². The van der Waals surface area contributed by atoms with Crippen LogP contribution >= 0.6 is 15.9 Å². The third kappa shape index (κ3) is 2.08. The Morgan fingerprint density at radius 1 is 1.53 bits per heavy atom. The zero-order chi connectivity index (χ0) is 12.6. The van der Waals surface area contributed by atoms with Crippen molar-refractivity contribution < 1.29 is 14.3 Å². The summed E-state index contributed by atoms with van der Waals surface area (Å²) in [5.41, 5.74) is 1.03. The number of rotatable bonds is 2. The highest BCUT2D eigenvalue weighted by atomic mass is 79.9. The summed E-state index contributed by atoms with van der Waals surface area (Å²) in [7, 11) is 1.61. The standard InChI is InChI=1S/C11H8BrFN2O2/c1-15-9(5-8(14-15)11(16)17)6-3-2-4-7(13)10(6)12/h2-5H,1H3,(H,16,17). The number of carboxylic acids is 1. The highest BCUT2D eigenvalue weighted by Gasteiger charge is 2.15. The van der Waals surface area contributed by atoms with E-state index >= 15 is 0 Å². The number of carbonyl (C=O) groups is 1. The minimum atomic E-state index is -1.11. The number of nitrogens with zero attached hydrogens (tertiary/aromatic N) is 2. The second-order valence-electron chi connectivity index (χ2n) is 3.44. The maximum absolute atomic E-state index is 13.4. The third-order valence-electron chi connectivity index (χ3n) is 2.33. The van der Waals surface area contributed by atoms with Gasteiger partial charge in [-0.3, -0.25) is 4.68 Å². The number of aromatic carboxylic acids is 1. The van der Waals surface area contributed by atoms with E-state index in [4.69, 9.17) is 5.11 Å². The Morgan fingerprint density at radius 3 is 2.82 bits per heavy atom. The first-order valence-corrected chi connectivity index (χ1v) is 5.51. The summed E-state index contributed by atoms with van der Waals surface area (Å²) in [5, 5.41) is 12.7. The van der Waals surface area contributed by atoms with Crippen molar-refractivity contribution in [1.82, 2.24) is 9.78 Å². The highest BCUT2D eigenvalue weighted by Crippen LogP contribution is 2.30. The molecule has 0 saturated heterocycles. The summed E-state index contributed by atoms with van der Waals surface area (Å²) >= 11 is 3.13. The number of aryl methyl sites for hydroxylation is 1. The molecule has 2 aromatic rings. The van der Waals surface area contributed by atoms with Gasteiger partial charge in [0, 0.05) is 12.6 Å². The molecule has 2 rings (SSSR count). The number of carboxylic acid groups (broad SMARTS) is 1. The van der Waals surface area contributed by atoms with Crippen molar-refractivity contribution in [2.45, 2.75) is 0 Å². The lowest BCUT2D eigenvalue weighted by molar-refractivity contribution is 0.0689. The lowest BCUT2D eigenvalue weighted by Crippen LogP contribution is -1.99. The summed E-state index contributed by atoms with van der Waals surface area (Å²) < 4.78 is 15.1. The van der Waals surface area contributed by atoms with E-state index in [-0.39, 0.29) is 5.69 Å². The van der Waals surface area contributed by atoms with Crippen molar-refractivity contribution in [3.63, 3.8) is 0 Å². The zero-order valence-electron chi connectivity index (χ0n) is 8.82. The average molecular weight is 299 g/mol. The molecule has 1 N–H and O–H groups in total. The lowest BCUT2D eigenvalue weighted by Gasteiger charge is -2.04. The lowest BCUT2D eigenvalue weighted by atomic mass is 10.1. The summed E-state index contributed by atoms with van der Waals surface area (Å²) in [5.74, 6) is -1.51. The quantitative estimate of drug-likeness (QED) is 0.927. The van der Waals surface area contributed by atoms with Crippen LogP contribution in [0, 0.1) is 5.82 Å². The predicted octanol–water partition coefficient (Wildman–Crippen LogP) is 2.69. The van der Waals surface area contributed by atoms with Crippen LogP contribution in [0.3, 0.4) is 0 Å². The van der Waals surface area contributed by atoms with Gasteiger partial charge >= 0.3 is 5.97 Å². The van der Waals surface area contributed by atoms with E-state index in [1.165, 1.54) is 16.8 Å². The van der Waals surface area contributed by atoms with Gasteiger partial charge in [0.25, 0.3) is 0 Å². The molecule has 0 aliphatic rings. The molecule has 0 spiro atoms. The van der Waals surface area contributed by atoms with Crippen LogP contribution in [-0.4, -0.2) is 20.9 Å². The molecule has 0 saturated carbocycles. The molecule has 0 radical (unpaired) electrons. The van der Waals surface area contributed by atoms with Crippen LogP contribution in [0.4, 0.5) is 4.39 Å². The molecule has 0 amide bonds. The number of aromatic nitrogens is 2.